The number of nitrogens with one attached hydrogen (secondary N) is 1. The molecular formula is C14H24N4O. The molecule has 1 aliphatic carbocycles. The van der Waals surface area contributed by atoms with Crippen molar-refractivity contribution in [2.75, 3.05) is 13.1 Å². The van der Waals surface area contributed by atoms with Crippen LogP contribution in [0.2, 0.25) is 0 Å². The summed E-state index contributed by atoms with van der Waals surface area (Å²) in [6.45, 7) is 1.42. The second-order valence-corrected chi connectivity index (χ2v) is 5.45. The van der Waals surface area contributed by atoms with Gasteiger partial charge in [-0.3, -0.25) is 4.79 Å². The molecular weight excluding hydrogens is 240 g/mol. The lowest BCUT2D eigenvalue weighted by Crippen LogP contribution is -2.35. The minimum atomic E-state index is 0.184. The van der Waals surface area contributed by atoms with E-state index in [4.69, 9.17) is 5.73 Å². The fraction of sp³-hybridized carbons (Fsp3) is 0.714. The first-order valence-corrected chi connectivity index (χ1v) is 7.14. The van der Waals surface area contributed by atoms with Crippen molar-refractivity contribution >= 4 is 5.91 Å². The molecule has 106 valence electrons. The molecule has 0 aromatic carbocycles. The zero-order chi connectivity index (χ0) is 13.7. The van der Waals surface area contributed by atoms with Crippen LogP contribution in [0.5, 0.6) is 0 Å². The van der Waals surface area contributed by atoms with Crippen molar-refractivity contribution in [3.8, 4) is 0 Å². The third kappa shape index (κ3) is 3.80. The summed E-state index contributed by atoms with van der Waals surface area (Å²) in [6, 6.07) is 0. The SMILES string of the molecule is Cn1ccnc1CCNC(=O)C1CCC(CN)CC1. The fourth-order valence-electron chi connectivity index (χ4n) is 2.74. The number of imidazole rings is 1. The largest absolute Gasteiger partial charge is 0.355 e. The van der Waals surface area contributed by atoms with Crippen LogP contribution < -0.4 is 11.1 Å². The van der Waals surface area contributed by atoms with Gasteiger partial charge >= 0.3 is 0 Å². The molecule has 1 saturated carbocycles. The number of hydrogen-bond donors (Lipinski definition) is 2. The van der Waals surface area contributed by atoms with E-state index < -0.39 is 0 Å². The van der Waals surface area contributed by atoms with Crippen molar-refractivity contribution in [1.29, 1.82) is 0 Å². The van der Waals surface area contributed by atoms with Crippen molar-refractivity contribution in [3.05, 3.63) is 18.2 Å². The third-order valence-electron chi connectivity index (χ3n) is 4.12. The Morgan fingerprint density at radius 1 is 1.47 bits per heavy atom. The van der Waals surface area contributed by atoms with Gasteiger partial charge in [-0.25, -0.2) is 4.98 Å². The molecule has 5 heteroatoms. The Morgan fingerprint density at radius 3 is 2.79 bits per heavy atom. The summed E-state index contributed by atoms with van der Waals surface area (Å²) in [4.78, 5) is 16.3. The summed E-state index contributed by atoms with van der Waals surface area (Å²) in [7, 11) is 1.97. The van der Waals surface area contributed by atoms with E-state index in [9.17, 15) is 4.79 Å². The van der Waals surface area contributed by atoms with Crippen LogP contribution >= 0.6 is 0 Å². The molecule has 1 aromatic rings. The number of aryl methyl sites for hydroxylation is 1. The Bertz CT molecular complexity index is 407. The van der Waals surface area contributed by atoms with E-state index in [0.717, 1.165) is 44.5 Å². The van der Waals surface area contributed by atoms with Crippen LogP contribution in [0.15, 0.2) is 12.4 Å². The van der Waals surface area contributed by atoms with Gasteiger partial charge in [0.25, 0.3) is 0 Å². The molecule has 1 aliphatic rings. The molecule has 0 saturated heterocycles. The first-order chi connectivity index (χ1) is 9.20. The lowest BCUT2D eigenvalue weighted by Gasteiger charge is -2.26. The van der Waals surface area contributed by atoms with Gasteiger partial charge in [-0.05, 0) is 38.1 Å². The monoisotopic (exact) mass is 264 g/mol. The zero-order valence-electron chi connectivity index (χ0n) is 11.6. The molecule has 0 spiro atoms. The highest BCUT2D eigenvalue weighted by Gasteiger charge is 2.25. The summed E-state index contributed by atoms with van der Waals surface area (Å²) in [5, 5.41) is 3.03. The summed E-state index contributed by atoms with van der Waals surface area (Å²) >= 11 is 0. The molecule has 1 amide bonds. The molecule has 0 unspecified atom stereocenters. The van der Waals surface area contributed by atoms with Gasteiger partial charge in [-0.15, -0.1) is 0 Å². The van der Waals surface area contributed by atoms with E-state index >= 15 is 0 Å². The van der Waals surface area contributed by atoms with Crippen molar-refractivity contribution < 1.29 is 4.79 Å². The number of rotatable bonds is 5. The maximum Gasteiger partial charge on any atom is 0.223 e. The predicted molar refractivity (Wildman–Crippen MR) is 74.4 cm³/mol. The van der Waals surface area contributed by atoms with Crippen molar-refractivity contribution in [3.63, 3.8) is 0 Å². The van der Waals surface area contributed by atoms with Gasteiger partial charge in [0.05, 0.1) is 0 Å². The topological polar surface area (TPSA) is 72.9 Å². The quantitative estimate of drug-likeness (QED) is 0.828. The fourth-order valence-corrected chi connectivity index (χ4v) is 2.74. The predicted octanol–water partition coefficient (Wildman–Crippen LogP) is 0.844. The van der Waals surface area contributed by atoms with Gasteiger partial charge < -0.3 is 15.6 Å². The highest BCUT2D eigenvalue weighted by Crippen LogP contribution is 2.28. The minimum Gasteiger partial charge on any atom is -0.355 e. The maximum atomic E-state index is 12.0. The number of nitrogens with zero attached hydrogens (tertiary/aromatic N) is 2. The van der Waals surface area contributed by atoms with Crippen LogP contribution in [-0.2, 0) is 18.3 Å². The minimum absolute atomic E-state index is 0.184. The lowest BCUT2D eigenvalue weighted by atomic mass is 9.81. The number of amides is 1. The van der Waals surface area contributed by atoms with E-state index in [0.29, 0.717) is 12.5 Å². The standard InChI is InChI=1S/C14H24N4O/c1-18-9-8-16-13(18)6-7-17-14(19)12-4-2-11(10-15)3-5-12/h8-9,11-12H,2-7,10,15H2,1H3,(H,17,19). The summed E-state index contributed by atoms with van der Waals surface area (Å²) in [5.74, 6) is 2.01. The molecule has 2 rings (SSSR count). The molecule has 1 aromatic heterocycles. The average Bonchev–Trinajstić information content (AvgIpc) is 2.84. The molecule has 0 aliphatic heterocycles. The van der Waals surface area contributed by atoms with Crippen molar-refractivity contribution in [2.24, 2.45) is 24.6 Å². The molecule has 0 atom stereocenters. The van der Waals surface area contributed by atoms with Crippen LogP contribution in [0.1, 0.15) is 31.5 Å². The van der Waals surface area contributed by atoms with E-state index in [-0.39, 0.29) is 11.8 Å². The van der Waals surface area contributed by atoms with Gasteiger partial charge in [0.2, 0.25) is 5.91 Å². The Morgan fingerprint density at radius 2 is 2.21 bits per heavy atom. The number of nitrogens with two attached hydrogens (primary N) is 1. The first kappa shape index (κ1) is 14.1. The van der Waals surface area contributed by atoms with Crippen LogP contribution in [0, 0.1) is 11.8 Å². The molecule has 3 N–H and O–H groups in total. The Hall–Kier alpha value is -1.36. The molecule has 0 radical (unpaired) electrons. The Labute approximate surface area is 114 Å². The van der Waals surface area contributed by atoms with E-state index in [1.165, 1.54) is 0 Å². The van der Waals surface area contributed by atoms with Gasteiger partial charge in [-0.1, -0.05) is 0 Å². The Kier molecular flexibility index (Phi) is 4.96. The normalized spacial score (nSPS) is 23.3. The molecule has 5 nitrogen and oxygen atoms in total. The van der Waals surface area contributed by atoms with Gasteiger partial charge in [0, 0.05) is 38.3 Å². The van der Waals surface area contributed by atoms with E-state index in [1.807, 2.05) is 17.8 Å². The second-order valence-electron chi connectivity index (χ2n) is 5.45. The van der Waals surface area contributed by atoms with Crippen LogP contribution in [-0.4, -0.2) is 28.5 Å². The van der Waals surface area contributed by atoms with Crippen LogP contribution in [0.3, 0.4) is 0 Å². The first-order valence-electron chi connectivity index (χ1n) is 7.14. The number of aromatic nitrogens is 2. The number of hydrogen-bond acceptors (Lipinski definition) is 3. The molecule has 1 heterocycles. The maximum absolute atomic E-state index is 12.0. The summed E-state index contributed by atoms with van der Waals surface area (Å²) < 4.78 is 1.98. The van der Waals surface area contributed by atoms with Crippen LogP contribution in [0.25, 0.3) is 0 Å². The molecule has 1 fully saturated rings. The van der Waals surface area contributed by atoms with Gasteiger partial charge in [0.15, 0.2) is 0 Å². The van der Waals surface area contributed by atoms with E-state index in [1.54, 1.807) is 6.20 Å². The zero-order valence-corrected chi connectivity index (χ0v) is 11.6. The van der Waals surface area contributed by atoms with Crippen molar-refractivity contribution in [1.82, 2.24) is 14.9 Å². The smallest absolute Gasteiger partial charge is 0.223 e. The number of carbonyl (C=O) groups excluding carboxylic acids is 1. The highest BCUT2D eigenvalue weighted by molar-refractivity contribution is 5.78. The van der Waals surface area contributed by atoms with Crippen molar-refractivity contribution in [2.45, 2.75) is 32.1 Å². The lowest BCUT2D eigenvalue weighted by molar-refractivity contribution is -0.126. The Balaban J connectivity index is 1.69. The van der Waals surface area contributed by atoms with Crippen LogP contribution in [0.4, 0.5) is 0 Å². The summed E-state index contributed by atoms with van der Waals surface area (Å²) in [5.41, 5.74) is 5.66. The number of carbonyl (C=O) groups is 1. The second kappa shape index (κ2) is 6.70. The molecule has 19 heavy (non-hydrogen) atoms. The molecule has 0 bridgehead atoms. The van der Waals surface area contributed by atoms with Gasteiger partial charge in [-0.2, -0.15) is 0 Å². The highest BCUT2D eigenvalue weighted by atomic mass is 16.1. The third-order valence-corrected chi connectivity index (χ3v) is 4.12. The van der Waals surface area contributed by atoms with Gasteiger partial charge in [0.1, 0.15) is 5.82 Å². The summed E-state index contributed by atoms with van der Waals surface area (Å²) in [6.07, 6.45) is 8.64. The average molecular weight is 264 g/mol. The van der Waals surface area contributed by atoms with E-state index in [2.05, 4.69) is 10.3 Å².